The van der Waals surface area contributed by atoms with Gasteiger partial charge in [-0.1, -0.05) is 121 Å². The van der Waals surface area contributed by atoms with Gasteiger partial charge in [-0.3, -0.25) is 0 Å². The number of hydrogen-bond acceptors (Lipinski definition) is 3. The summed E-state index contributed by atoms with van der Waals surface area (Å²) < 4.78 is 5.39. The molecule has 0 bridgehead atoms. The Kier molecular flexibility index (Phi) is 8.52. The van der Waals surface area contributed by atoms with Crippen LogP contribution in [0.1, 0.15) is 29.0 Å². The summed E-state index contributed by atoms with van der Waals surface area (Å²) in [6.07, 6.45) is 2.02. The Bertz CT molecular complexity index is 2830. The number of rotatable bonds is 9. The van der Waals surface area contributed by atoms with Crippen molar-refractivity contribution in [3.63, 3.8) is 0 Å². The van der Waals surface area contributed by atoms with Gasteiger partial charge in [0.1, 0.15) is 0 Å². The fourth-order valence-electron chi connectivity index (χ4n) is 8.11. The summed E-state index contributed by atoms with van der Waals surface area (Å²) >= 11 is 3.80. The zero-order valence-corrected chi connectivity index (χ0v) is 31.4. The predicted octanol–water partition coefficient (Wildman–Crippen LogP) is 15.3. The van der Waals surface area contributed by atoms with E-state index in [1.165, 1.54) is 68.2 Å². The third kappa shape index (κ3) is 6.06. The third-order valence-electron chi connectivity index (χ3n) is 10.7. The van der Waals surface area contributed by atoms with Gasteiger partial charge in [0.05, 0.1) is 0 Å². The highest BCUT2D eigenvalue weighted by Crippen LogP contribution is 2.45. The highest BCUT2D eigenvalue weighted by molar-refractivity contribution is 7.26. The number of benzene rings is 8. The molecular formula is C51H37NS2. The smallest absolute Gasteiger partial charge is 0.0462 e. The molecule has 1 atom stereocenters. The summed E-state index contributed by atoms with van der Waals surface area (Å²) in [5.74, 6) is 0.244. The second kappa shape index (κ2) is 14.1. The van der Waals surface area contributed by atoms with E-state index in [9.17, 15) is 0 Å². The Morgan fingerprint density at radius 2 is 0.963 bits per heavy atom. The molecular weight excluding hydrogens is 691 g/mol. The number of hydrogen-bond donors (Lipinski definition) is 0. The molecule has 2 aromatic heterocycles. The van der Waals surface area contributed by atoms with Crippen LogP contribution in [0.5, 0.6) is 0 Å². The Balaban J connectivity index is 1.08. The first-order chi connectivity index (χ1) is 26.8. The SMILES string of the molecule is c1ccc(C(CCc2ccc3sc4ccccc4c3c2)c2cc(-c3ccc(N(c4ccccc4)c4ccccc4)cc3)c3sc4ccccc4c3c2)cc1. The van der Waals surface area contributed by atoms with Crippen LogP contribution in [-0.4, -0.2) is 0 Å². The summed E-state index contributed by atoms with van der Waals surface area (Å²) in [6.45, 7) is 0. The highest BCUT2D eigenvalue weighted by atomic mass is 32.1. The van der Waals surface area contributed by atoms with E-state index in [-0.39, 0.29) is 5.92 Å². The minimum absolute atomic E-state index is 0.244. The lowest BCUT2D eigenvalue weighted by atomic mass is 9.84. The van der Waals surface area contributed by atoms with E-state index in [0.717, 1.165) is 29.9 Å². The summed E-state index contributed by atoms with van der Waals surface area (Å²) in [7, 11) is 0. The first-order valence-corrected chi connectivity index (χ1v) is 20.3. The standard InChI is InChI=1S/C51H37NS2/c1-4-14-36(15-5-1)42(30-24-35-25-31-50-46(32-35)43-20-10-12-22-48(43)53-50)38-33-45(51-47(34-38)44-21-11-13-23-49(44)54-51)37-26-28-41(29-27-37)52(39-16-6-2-7-17-39)40-18-8-3-9-19-40/h1-23,25-29,31-34,42H,24,30H2. The molecule has 0 aliphatic rings. The van der Waals surface area contributed by atoms with Gasteiger partial charge in [-0.25, -0.2) is 0 Å². The average Bonchev–Trinajstić information content (AvgIpc) is 3.81. The van der Waals surface area contributed by atoms with Crippen molar-refractivity contribution < 1.29 is 0 Å². The van der Waals surface area contributed by atoms with Crippen LogP contribution >= 0.6 is 22.7 Å². The zero-order chi connectivity index (χ0) is 35.8. The van der Waals surface area contributed by atoms with Gasteiger partial charge in [0, 0.05) is 63.3 Å². The maximum absolute atomic E-state index is 2.49. The van der Waals surface area contributed by atoms with E-state index in [1.54, 1.807) is 0 Å². The molecule has 2 heterocycles. The first-order valence-electron chi connectivity index (χ1n) is 18.7. The van der Waals surface area contributed by atoms with Crippen LogP contribution in [0.15, 0.2) is 194 Å². The molecule has 10 rings (SSSR count). The minimum Gasteiger partial charge on any atom is -0.311 e. The van der Waals surface area contributed by atoms with Crippen molar-refractivity contribution in [3.8, 4) is 11.1 Å². The fourth-order valence-corrected chi connectivity index (χ4v) is 10.4. The molecule has 0 aliphatic heterocycles. The molecule has 0 fully saturated rings. The van der Waals surface area contributed by atoms with E-state index in [1.807, 2.05) is 22.7 Å². The molecule has 1 unspecified atom stereocenters. The van der Waals surface area contributed by atoms with Gasteiger partial charge in [-0.15, -0.1) is 22.7 Å². The molecule has 3 heteroatoms. The summed E-state index contributed by atoms with van der Waals surface area (Å²) in [5.41, 5.74) is 10.1. The number of anilines is 3. The Labute approximate surface area is 324 Å². The molecule has 10 aromatic rings. The van der Waals surface area contributed by atoms with E-state index in [2.05, 4.69) is 199 Å². The lowest BCUT2D eigenvalue weighted by Crippen LogP contribution is -2.09. The van der Waals surface area contributed by atoms with Crippen LogP contribution in [0.3, 0.4) is 0 Å². The zero-order valence-electron chi connectivity index (χ0n) is 29.7. The van der Waals surface area contributed by atoms with E-state index in [0.29, 0.717) is 0 Å². The van der Waals surface area contributed by atoms with Gasteiger partial charge in [0.2, 0.25) is 0 Å². The molecule has 0 saturated carbocycles. The first kappa shape index (κ1) is 32.6. The second-order valence-electron chi connectivity index (χ2n) is 14.0. The van der Waals surface area contributed by atoms with Crippen molar-refractivity contribution in [2.24, 2.45) is 0 Å². The van der Waals surface area contributed by atoms with E-state index >= 15 is 0 Å². The molecule has 1 nitrogen and oxygen atoms in total. The molecule has 0 saturated heterocycles. The summed E-state index contributed by atoms with van der Waals surface area (Å²) in [6, 6.07) is 71.4. The molecule has 0 spiro atoms. The van der Waals surface area contributed by atoms with E-state index in [4.69, 9.17) is 0 Å². The number of fused-ring (bicyclic) bond motifs is 6. The van der Waals surface area contributed by atoms with Crippen LogP contribution in [0, 0.1) is 0 Å². The third-order valence-corrected chi connectivity index (χ3v) is 13.1. The van der Waals surface area contributed by atoms with Crippen molar-refractivity contribution in [1.29, 1.82) is 0 Å². The molecule has 258 valence electrons. The lowest BCUT2D eigenvalue weighted by molar-refractivity contribution is 0.717. The van der Waals surface area contributed by atoms with Crippen LogP contribution in [-0.2, 0) is 6.42 Å². The molecule has 8 aromatic carbocycles. The Morgan fingerprint density at radius 1 is 0.407 bits per heavy atom. The van der Waals surface area contributed by atoms with Crippen molar-refractivity contribution in [1.82, 2.24) is 0 Å². The minimum atomic E-state index is 0.244. The molecule has 54 heavy (non-hydrogen) atoms. The number of thiophene rings is 2. The van der Waals surface area contributed by atoms with Crippen molar-refractivity contribution in [3.05, 3.63) is 211 Å². The van der Waals surface area contributed by atoms with Crippen LogP contribution in [0.25, 0.3) is 51.5 Å². The van der Waals surface area contributed by atoms with Gasteiger partial charge >= 0.3 is 0 Å². The predicted molar refractivity (Wildman–Crippen MR) is 235 cm³/mol. The monoisotopic (exact) mass is 727 g/mol. The molecule has 0 N–H and O–H groups in total. The van der Waals surface area contributed by atoms with Gasteiger partial charge < -0.3 is 4.90 Å². The van der Waals surface area contributed by atoms with E-state index < -0.39 is 0 Å². The fraction of sp³-hybridized carbons (Fsp3) is 0.0588. The van der Waals surface area contributed by atoms with Crippen LogP contribution in [0.4, 0.5) is 17.1 Å². The maximum atomic E-state index is 2.49. The molecule has 0 amide bonds. The van der Waals surface area contributed by atoms with Gasteiger partial charge in [-0.05, 0) is 113 Å². The maximum Gasteiger partial charge on any atom is 0.0462 e. The Morgan fingerprint density at radius 3 is 1.65 bits per heavy atom. The topological polar surface area (TPSA) is 3.24 Å². The van der Waals surface area contributed by atoms with Gasteiger partial charge in [0.25, 0.3) is 0 Å². The van der Waals surface area contributed by atoms with Crippen molar-refractivity contribution >= 4 is 80.1 Å². The van der Waals surface area contributed by atoms with Crippen LogP contribution < -0.4 is 4.90 Å². The summed E-state index contributed by atoms with van der Waals surface area (Å²) in [4.78, 5) is 2.33. The van der Waals surface area contributed by atoms with Crippen LogP contribution in [0.2, 0.25) is 0 Å². The summed E-state index contributed by atoms with van der Waals surface area (Å²) in [5, 5.41) is 5.41. The largest absolute Gasteiger partial charge is 0.311 e. The lowest BCUT2D eigenvalue weighted by Gasteiger charge is -2.25. The second-order valence-corrected chi connectivity index (χ2v) is 16.2. The van der Waals surface area contributed by atoms with Crippen molar-refractivity contribution in [2.45, 2.75) is 18.8 Å². The molecule has 0 radical (unpaired) electrons. The number of para-hydroxylation sites is 2. The van der Waals surface area contributed by atoms with Crippen molar-refractivity contribution in [2.75, 3.05) is 4.90 Å². The average molecular weight is 728 g/mol. The number of aryl methyl sites for hydroxylation is 1. The highest BCUT2D eigenvalue weighted by Gasteiger charge is 2.21. The quantitative estimate of drug-likeness (QED) is 0.143. The van der Waals surface area contributed by atoms with Gasteiger partial charge in [-0.2, -0.15) is 0 Å². The van der Waals surface area contributed by atoms with Gasteiger partial charge in [0.15, 0.2) is 0 Å². The molecule has 0 aliphatic carbocycles. The Hall–Kier alpha value is -6.00. The normalized spacial score (nSPS) is 12.1. The number of nitrogens with zero attached hydrogens (tertiary/aromatic N) is 1.